The zero-order chi connectivity index (χ0) is 17.7. The number of hydrazine groups is 1. The highest BCUT2D eigenvalue weighted by atomic mass is 19.4. The molecule has 1 heterocycles. The van der Waals surface area contributed by atoms with E-state index in [0.717, 1.165) is 6.07 Å². The molecule has 0 saturated heterocycles. The summed E-state index contributed by atoms with van der Waals surface area (Å²) in [6.07, 6.45) is -1.06. The Bertz CT molecular complexity index is 754. The molecule has 0 radical (unpaired) electrons. The first-order chi connectivity index (χ1) is 11.3. The van der Waals surface area contributed by atoms with Crippen LogP contribution in [-0.2, 0) is 6.18 Å². The monoisotopic (exact) mass is 341 g/mol. The Labute approximate surface area is 135 Å². The smallest absolute Gasteiger partial charge is 0.419 e. The standard InChI is InChI=1S/C15H14F3N3O3/c1-23-13-4-2-3-12(20-14(22)21-19)11(13)6-5-10-7-9(8-24-10)15(16,17)18/h2-8H,19H2,1H3,(H2,20,21,22)/b6-5+. The number of furan rings is 1. The van der Waals surface area contributed by atoms with E-state index in [1.54, 1.807) is 18.2 Å². The molecule has 2 aromatic rings. The molecule has 128 valence electrons. The van der Waals surface area contributed by atoms with Crippen LogP contribution in [0.2, 0.25) is 0 Å². The molecular formula is C15H14F3N3O3. The highest BCUT2D eigenvalue weighted by Gasteiger charge is 2.32. The summed E-state index contributed by atoms with van der Waals surface area (Å²) < 4.78 is 47.7. The van der Waals surface area contributed by atoms with Crippen LogP contribution in [0.25, 0.3) is 12.2 Å². The molecule has 0 saturated carbocycles. The first kappa shape index (κ1) is 17.4. The molecule has 0 unspecified atom stereocenters. The topological polar surface area (TPSA) is 89.5 Å². The van der Waals surface area contributed by atoms with E-state index in [9.17, 15) is 18.0 Å². The van der Waals surface area contributed by atoms with Crippen LogP contribution in [0.5, 0.6) is 5.75 Å². The van der Waals surface area contributed by atoms with Crippen molar-refractivity contribution in [1.82, 2.24) is 5.43 Å². The van der Waals surface area contributed by atoms with Gasteiger partial charge in [-0.1, -0.05) is 6.07 Å². The average molecular weight is 341 g/mol. The SMILES string of the molecule is COc1cccc(NC(=O)NN)c1/C=C/c1cc(C(F)(F)F)co1. The second-order valence-corrected chi connectivity index (χ2v) is 4.59. The third-order valence-electron chi connectivity index (χ3n) is 3.03. The number of halogens is 3. The fraction of sp³-hybridized carbons (Fsp3) is 0.133. The molecule has 4 N–H and O–H groups in total. The molecule has 9 heteroatoms. The normalized spacial score (nSPS) is 11.5. The zero-order valence-corrected chi connectivity index (χ0v) is 12.5. The quantitative estimate of drug-likeness (QED) is 0.451. The Morgan fingerprint density at radius 1 is 1.33 bits per heavy atom. The van der Waals surface area contributed by atoms with Gasteiger partial charge in [0.05, 0.1) is 18.4 Å². The van der Waals surface area contributed by atoms with E-state index in [1.165, 1.54) is 19.3 Å². The number of methoxy groups -OCH3 is 1. The first-order valence-electron chi connectivity index (χ1n) is 6.63. The van der Waals surface area contributed by atoms with E-state index in [2.05, 4.69) is 5.32 Å². The van der Waals surface area contributed by atoms with Gasteiger partial charge in [0.2, 0.25) is 0 Å². The molecular weight excluding hydrogens is 327 g/mol. The first-order valence-corrected chi connectivity index (χ1v) is 6.63. The van der Waals surface area contributed by atoms with Crippen LogP contribution in [0.1, 0.15) is 16.9 Å². The van der Waals surface area contributed by atoms with Gasteiger partial charge >= 0.3 is 12.2 Å². The van der Waals surface area contributed by atoms with Crippen LogP contribution in [0.3, 0.4) is 0 Å². The number of urea groups is 1. The molecule has 1 aromatic carbocycles. The number of nitrogens with two attached hydrogens (primary N) is 1. The summed E-state index contributed by atoms with van der Waals surface area (Å²) >= 11 is 0. The summed E-state index contributed by atoms with van der Waals surface area (Å²) in [5, 5.41) is 2.48. The molecule has 0 bridgehead atoms. The van der Waals surface area contributed by atoms with E-state index in [1.807, 2.05) is 5.43 Å². The summed E-state index contributed by atoms with van der Waals surface area (Å²) in [5.41, 5.74) is 1.82. The fourth-order valence-corrected chi connectivity index (χ4v) is 1.92. The number of carbonyl (C=O) groups excluding carboxylic acids is 1. The Balaban J connectivity index is 2.33. The molecule has 24 heavy (non-hydrogen) atoms. The Morgan fingerprint density at radius 3 is 2.67 bits per heavy atom. The van der Waals surface area contributed by atoms with Crippen LogP contribution in [0.15, 0.2) is 34.9 Å². The van der Waals surface area contributed by atoms with Crippen LogP contribution in [0, 0.1) is 0 Å². The van der Waals surface area contributed by atoms with Gasteiger partial charge in [0.25, 0.3) is 0 Å². The second-order valence-electron chi connectivity index (χ2n) is 4.59. The average Bonchev–Trinajstić information content (AvgIpc) is 3.02. The van der Waals surface area contributed by atoms with Gasteiger partial charge in [0.1, 0.15) is 17.8 Å². The number of rotatable bonds is 4. The number of amides is 2. The molecule has 0 aliphatic carbocycles. The molecule has 0 aliphatic heterocycles. The minimum atomic E-state index is -4.48. The number of benzene rings is 1. The zero-order valence-electron chi connectivity index (χ0n) is 12.5. The predicted molar refractivity (Wildman–Crippen MR) is 82.0 cm³/mol. The third kappa shape index (κ3) is 4.07. The van der Waals surface area contributed by atoms with Crippen molar-refractivity contribution in [1.29, 1.82) is 0 Å². The van der Waals surface area contributed by atoms with Crippen LogP contribution >= 0.6 is 0 Å². The minimum Gasteiger partial charge on any atom is -0.496 e. The lowest BCUT2D eigenvalue weighted by Gasteiger charge is -2.11. The maximum atomic E-state index is 12.6. The van der Waals surface area contributed by atoms with Gasteiger partial charge in [-0.25, -0.2) is 10.6 Å². The van der Waals surface area contributed by atoms with Crippen molar-refractivity contribution in [3.8, 4) is 5.75 Å². The lowest BCUT2D eigenvalue weighted by Crippen LogP contribution is -2.34. The van der Waals surface area contributed by atoms with Crippen molar-refractivity contribution in [2.75, 3.05) is 12.4 Å². The Kier molecular flexibility index (Phi) is 5.14. The number of carbonyl (C=O) groups is 1. The van der Waals surface area contributed by atoms with Gasteiger partial charge < -0.3 is 14.5 Å². The summed E-state index contributed by atoms with van der Waals surface area (Å²) in [6, 6.07) is 5.06. The van der Waals surface area contributed by atoms with Gasteiger partial charge in [-0.2, -0.15) is 13.2 Å². The predicted octanol–water partition coefficient (Wildman–Crippen LogP) is 3.47. The van der Waals surface area contributed by atoms with E-state index < -0.39 is 17.8 Å². The molecule has 0 aliphatic rings. The van der Waals surface area contributed by atoms with Crippen LogP contribution in [-0.4, -0.2) is 13.1 Å². The van der Waals surface area contributed by atoms with Crippen molar-refractivity contribution in [2.24, 2.45) is 5.84 Å². The number of anilines is 1. The van der Waals surface area contributed by atoms with Crippen molar-refractivity contribution < 1.29 is 27.1 Å². The molecule has 0 spiro atoms. The van der Waals surface area contributed by atoms with Gasteiger partial charge in [0, 0.05) is 5.56 Å². The Morgan fingerprint density at radius 2 is 2.08 bits per heavy atom. The van der Waals surface area contributed by atoms with Crippen molar-refractivity contribution in [3.05, 3.63) is 47.4 Å². The van der Waals surface area contributed by atoms with E-state index in [4.69, 9.17) is 15.0 Å². The third-order valence-corrected chi connectivity index (χ3v) is 3.03. The summed E-state index contributed by atoms with van der Waals surface area (Å²) in [7, 11) is 1.42. The van der Waals surface area contributed by atoms with Crippen LogP contribution < -0.4 is 21.3 Å². The molecule has 2 amide bonds. The number of ether oxygens (including phenoxy) is 1. The summed E-state index contributed by atoms with van der Waals surface area (Å²) in [4.78, 5) is 11.4. The van der Waals surface area contributed by atoms with Crippen LogP contribution in [0.4, 0.5) is 23.7 Å². The Hall–Kier alpha value is -2.94. The lowest BCUT2D eigenvalue weighted by atomic mass is 10.1. The van der Waals surface area contributed by atoms with Gasteiger partial charge in [0.15, 0.2) is 0 Å². The molecule has 0 fully saturated rings. The maximum Gasteiger partial charge on any atom is 0.419 e. The maximum absolute atomic E-state index is 12.6. The van der Waals surface area contributed by atoms with E-state index >= 15 is 0 Å². The molecule has 6 nitrogen and oxygen atoms in total. The largest absolute Gasteiger partial charge is 0.496 e. The molecule has 2 rings (SSSR count). The summed E-state index contributed by atoms with van der Waals surface area (Å²) in [5.74, 6) is 5.42. The van der Waals surface area contributed by atoms with Gasteiger partial charge in [-0.15, -0.1) is 0 Å². The van der Waals surface area contributed by atoms with Crippen molar-refractivity contribution in [2.45, 2.75) is 6.18 Å². The summed E-state index contributed by atoms with van der Waals surface area (Å²) in [6.45, 7) is 0. The second kappa shape index (κ2) is 7.09. The molecule has 0 atom stereocenters. The number of hydrogen-bond donors (Lipinski definition) is 3. The highest BCUT2D eigenvalue weighted by Crippen LogP contribution is 2.32. The number of nitrogens with one attached hydrogen (secondary N) is 2. The fourth-order valence-electron chi connectivity index (χ4n) is 1.92. The van der Waals surface area contributed by atoms with Crippen molar-refractivity contribution >= 4 is 23.9 Å². The lowest BCUT2D eigenvalue weighted by molar-refractivity contribution is -0.137. The van der Waals surface area contributed by atoms with E-state index in [-0.39, 0.29) is 5.76 Å². The van der Waals surface area contributed by atoms with Gasteiger partial charge in [-0.05, 0) is 30.4 Å². The van der Waals surface area contributed by atoms with Gasteiger partial charge in [-0.3, -0.25) is 5.43 Å². The minimum absolute atomic E-state index is 0.00228. The number of hydrogen-bond acceptors (Lipinski definition) is 4. The molecule has 1 aromatic heterocycles. The number of alkyl halides is 3. The highest BCUT2D eigenvalue weighted by molar-refractivity contribution is 5.93. The van der Waals surface area contributed by atoms with Crippen molar-refractivity contribution in [3.63, 3.8) is 0 Å². The van der Waals surface area contributed by atoms with E-state index in [0.29, 0.717) is 23.3 Å².